The van der Waals surface area contributed by atoms with Crippen molar-refractivity contribution in [1.29, 1.82) is 0 Å². The fourth-order valence-corrected chi connectivity index (χ4v) is 3.21. The number of fused-ring (bicyclic) bond motifs is 1. The molecule has 0 fully saturated rings. The normalized spacial score (nSPS) is 20.1. The molecule has 2 aromatic rings. The van der Waals surface area contributed by atoms with Crippen molar-refractivity contribution in [3.63, 3.8) is 0 Å². The minimum absolute atomic E-state index is 0.175. The number of hydrogen-bond acceptors (Lipinski definition) is 2. The molecule has 0 bridgehead atoms. The maximum absolute atomic E-state index is 12.5. The highest BCUT2D eigenvalue weighted by Crippen LogP contribution is 2.31. The lowest BCUT2D eigenvalue weighted by atomic mass is 10.1. The molecule has 0 saturated carbocycles. The van der Waals surface area contributed by atoms with E-state index in [2.05, 4.69) is 21.2 Å². The van der Waals surface area contributed by atoms with E-state index in [1.165, 1.54) is 0 Å². The second kappa shape index (κ2) is 5.62. The zero-order chi connectivity index (χ0) is 15.0. The summed E-state index contributed by atoms with van der Waals surface area (Å²) >= 11 is 3.40. The third kappa shape index (κ3) is 2.74. The topological polar surface area (TPSA) is 49.3 Å². The van der Waals surface area contributed by atoms with E-state index < -0.39 is 6.10 Å². The summed E-state index contributed by atoms with van der Waals surface area (Å²) in [7, 11) is 0. The van der Waals surface area contributed by atoms with Gasteiger partial charge in [-0.2, -0.15) is 0 Å². The Hall–Kier alpha value is -1.65. The summed E-state index contributed by atoms with van der Waals surface area (Å²) in [6.45, 7) is 1.95. The molecule has 108 valence electrons. The summed E-state index contributed by atoms with van der Waals surface area (Å²) in [6.07, 6.45) is 0.00534. The third-order valence-corrected chi connectivity index (χ3v) is 4.55. The van der Waals surface area contributed by atoms with Crippen LogP contribution in [0, 0.1) is 6.92 Å². The van der Waals surface area contributed by atoms with Gasteiger partial charge in [-0.15, -0.1) is 0 Å². The number of aryl methyl sites for hydroxylation is 1. The van der Waals surface area contributed by atoms with Crippen molar-refractivity contribution in [3.05, 3.63) is 69.2 Å². The van der Waals surface area contributed by atoms with E-state index in [4.69, 9.17) is 0 Å². The number of amides is 1. The van der Waals surface area contributed by atoms with Crippen LogP contribution in [0.5, 0.6) is 0 Å². The van der Waals surface area contributed by atoms with Gasteiger partial charge in [0, 0.05) is 10.9 Å². The molecule has 1 aliphatic rings. The van der Waals surface area contributed by atoms with Crippen LogP contribution in [0.25, 0.3) is 0 Å². The van der Waals surface area contributed by atoms with Gasteiger partial charge in [-0.25, -0.2) is 0 Å². The number of carbonyl (C=O) groups is 1. The van der Waals surface area contributed by atoms with Gasteiger partial charge in [-0.1, -0.05) is 35.9 Å². The molecule has 21 heavy (non-hydrogen) atoms. The average molecular weight is 346 g/mol. The number of halogens is 1. The molecule has 1 amide bonds. The van der Waals surface area contributed by atoms with Crippen LogP contribution in [-0.4, -0.2) is 17.1 Å². The predicted molar refractivity (Wildman–Crippen MR) is 85.2 cm³/mol. The molecular weight excluding hydrogens is 330 g/mol. The molecule has 2 unspecified atom stereocenters. The molecule has 0 heterocycles. The molecule has 3 nitrogen and oxygen atoms in total. The van der Waals surface area contributed by atoms with E-state index in [-0.39, 0.29) is 11.9 Å². The fourth-order valence-electron chi connectivity index (χ4n) is 2.78. The van der Waals surface area contributed by atoms with Crippen molar-refractivity contribution in [3.8, 4) is 0 Å². The van der Waals surface area contributed by atoms with Crippen molar-refractivity contribution < 1.29 is 9.90 Å². The lowest BCUT2D eigenvalue weighted by Gasteiger charge is -2.18. The summed E-state index contributed by atoms with van der Waals surface area (Å²) < 4.78 is 0.756. The molecule has 0 aromatic heterocycles. The highest BCUT2D eigenvalue weighted by molar-refractivity contribution is 9.10. The molecule has 0 saturated heterocycles. The van der Waals surface area contributed by atoms with Crippen molar-refractivity contribution in [1.82, 2.24) is 5.32 Å². The van der Waals surface area contributed by atoms with Crippen LogP contribution >= 0.6 is 15.9 Å². The first-order valence-electron chi connectivity index (χ1n) is 6.89. The maximum Gasteiger partial charge on any atom is 0.253 e. The van der Waals surface area contributed by atoms with Crippen molar-refractivity contribution in [2.45, 2.75) is 25.5 Å². The first-order chi connectivity index (χ1) is 10.1. The molecule has 2 atom stereocenters. The minimum atomic E-state index is -0.574. The van der Waals surface area contributed by atoms with Crippen LogP contribution in [0.15, 0.2) is 46.9 Å². The smallest absolute Gasteiger partial charge is 0.253 e. The second-order valence-corrected chi connectivity index (χ2v) is 6.26. The van der Waals surface area contributed by atoms with Gasteiger partial charge in [0.05, 0.1) is 17.7 Å². The molecular formula is C17H16BrNO2. The van der Waals surface area contributed by atoms with Crippen LogP contribution in [0.1, 0.15) is 33.1 Å². The van der Waals surface area contributed by atoms with Gasteiger partial charge in [0.15, 0.2) is 0 Å². The van der Waals surface area contributed by atoms with Gasteiger partial charge in [0.25, 0.3) is 5.91 Å². The highest BCUT2D eigenvalue weighted by Gasteiger charge is 2.32. The number of carbonyl (C=O) groups excluding carboxylic acids is 1. The zero-order valence-corrected chi connectivity index (χ0v) is 13.2. The Bertz CT molecular complexity index is 699. The Balaban J connectivity index is 1.87. The first-order valence-corrected chi connectivity index (χ1v) is 7.68. The SMILES string of the molecule is Cc1ccc(Br)c(C(=O)NC2c3ccccc3CC2O)c1. The van der Waals surface area contributed by atoms with Crippen LogP contribution in [0.4, 0.5) is 0 Å². The summed E-state index contributed by atoms with van der Waals surface area (Å²) in [4.78, 5) is 12.5. The van der Waals surface area contributed by atoms with Crippen LogP contribution in [0.2, 0.25) is 0 Å². The second-order valence-electron chi connectivity index (χ2n) is 5.40. The van der Waals surface area contributed by atoms with Crippen LogP contribution < -0.4 is 5.32 Å². The summed E-state index contributed by atoms with van der Waals surface area (Å²) in [5.41, 5.74) is 3.71. The average Bonchev–Trinajstić information content (AvgIpc) is 2.78. The molecule has 4 heteroatoms. The summed E-state index contributed by atoms with van der Waals surface area (Å²) in [6, 6.07) is 13.1. The van der Waals surface area contributed by atoms with E-state index in [1.807, 2.05) is 49.4 Å². The third-order valence-electron chi connectivity index (χ3n) is 3.86. The Morgan fingerprint density at radius 1 is 1.29 bits per heavy atom. The quantitative estimate of drug-likeness (QED) is 0.878. The van der Waals surface area contributed by atoms with Gasteiger partial charge in [-0.3, -0.25) is 4.79 Å². The van der Waals surface area contributed by atoms with Crippen LogP contribution in [-0.2, 0) is 6.42 Å². The summed E-state index contributed by atoms with van der Waals surface area (Å²) in [5.74, 6) is -0.175. The number of aliphatic hydroxyl groups is 1. The van der Waals surface area contributed by atoms with E-state index in [0.717, 1.165) is 21.2 Å². The Labute approximate surface area is 132 Å². The number of rotatable bonds is 2. The molecule has 3 rings (SSSR count). The number of hydrogen-bond donors (Lipinski definition) is 2. The van der Waals surface area contributed by atoms with Gasteiger partial charge < -0.3 is 10.4 Å². The first kappa shape index (κ1) is 14.3. The van der Waals surface area contributed by atoms with Gasteiger partial charge in [0.2, 0.25) is 0 Å². The highest BCUT2D eigenvalue weighted by atomic mass is 79.9. The minimum Gasteiger partial charge on any atom is -0.390 e. The zero-order valence-electron chi connectivity index (χ0n) is 11.6. The summed E-state index contributed by atoms with van der Waals surface area (Å²) in [5, 5.41) is 13.2. The van der Waals surface area contributed by atoms with Gasteiger partial charge >= 0.3 is 0 Å². The number of benzene rings is 2. The standard InChI is InChI=1S/C17H16BrNO2/c1-10-6-7-14(18)13(8-10)17(21)19-16-12-5-3-2-4-11(12)9-15(16)20/h2-8,15-16,20H,9H2,1H3,(H,19,21). The Morgan fingerprint density at radius 2 is 2.05 bits per heavy atom. The Morgan fingerprint density at radius 3 is 2.86 bits per heavy atom. The maximum atomic E-state index is 12.5. The largest absolute Gasteiger partial charge is 0.390 e. The number of nitrogens with one attached hydrogen (secondary N) is 1. The van der Waals surface area contributed by atoms with E-state index in [9.17, 15) is 9.90 Å². The van der Waals surface area contributed by atoms with E-state index in [1.54, 1.807) is 0 Å². The molecule has 1 aliphatic carbocycles. The van der Waals surface area contributed by atoms with Gasteiger partial charge in [-0.05, 0) is 46.1 Å². The van der Waals surface area contributed by atoms with Crippen molar-refractivity contribution in [2.24, 2.45) is 0 Å². The molecule has 2 N–H and O–H groups in total. The predicted octanol–water partition coefficient (Wildman–Crippen LogP) is 3.15. The van der Waals surface area contributed by atoms with Crippen LogP contribution in [0.3, 0.4) is 0 Å². The number of aliphatic hydroxyl groups excluding tert-OH is 1. The van der Waals surface area contributed by atoms with E-state index in [0.29, 0.717) is 12.0 Å². The Kier molecular flexibility index (Phi) is 3.83. The van der Waals surface area contributed by atoms with Crippen molar-refractivity contribution in [2.75, 3.05) is 0 Å². The fraction of sp³-hybridized carbons (Fsp3) is 0.235. The molecule has 2 aromatic carbocycles. The van der Waals surface area contributed by atoms with E-state index >= 15 is 0 Å². The van der Waals surface area contributed by atoms with Crippen molar-refractivity contribution >= 4 is 21.8 Å². The molecule has 0 spiro atoms. The lowest BCUT2D eigenvalue weighted by Crippen LogP contribution is -2.34. The van der Waals surface area contributed by atoms with Gasteiger partial charge in [0.1, 0.15) is 0 Å². The molecule has 0 radical (unpaired) electrons. The lowest BCUT2D eigenvalue weighted by molar-refractivity contribution is 0.0857. The molecule has 0 aliphatic heterocycles. The monoisotopic (exact) mass is 345 g/mol.